The molecule has 1 nitrogen and oxygen atoms in total. The molecule has 0 heterocycles. The minimum absolute atomic E-state index is 0.900. The quantitative estimate of drug-likeness (QED) is 0.686. The number of rotatable bonds is 1. The standard InChI is InChI=1S/C6H5BrOSe/c7-9(8)6-4-2-1-3-5-6/h1-5H. The number of benzene rings is 1. The van der Waals surface area contributed by atoms with Crippen molar-refractivity contribution < 1.29 is 3.83 Å². The van der Waals surface area contributed by atoms with Gasteiger partial charge in [-0.2, -0.15) is 0 Å². The Labute approximate surface area is 64.9 Å². The van der Waals surface area contributed by atoms with Gasteiger partial charge in [-0.05, 0) is 0 Å². The molecule has 1 aromatic carbocycles. The summed E-state index contributed by atoms with van der Waals surface area (Å²) in [5.74, 6) is 0. The fourth-order valence-electron chi connectivity index (χ4n) is 0.527. The SMILES string of the molecule is O=[Se](Br)c1ccccc1. The van der Waals surface area contributed by atoms with Crippen LogP contribution in [0.5, 0.6) is 0 Å². The summed E-state index contributed by atoms with van der Waals surface area (Å²) in [7, 11) is 0. The van der Waals surface area contributed by atoms with Crippen molar-refractivity contribution >= 4 is 30.6 Å². The molecule has 0 saturated heterocycles. The van der Waals surface area contributed by atoms with Crippen molar-refractivity contribution in [2.75, 3.05) is 0 Å². The van der Waals surface area contributed by atoms with Gasteiger partial charge in [0, 0.05) is 0 Å². The van der Waals surface area contributed by atoms with E-state index in [0.717, 1.165) is 4.46 Å². The van der Waals surface area contributed by atoms with Crippen LogP contribution in [0.1, 0.15) is 0 Å². The van der Waals surface area contributed by atoms with Crippen LogP contribution < -0.4 is 4.46 Å². The second-order valence-electron chi connectivity index (χ2n) is 1.54. The molecule has 3 heteroatoms. The number of hydrogen-bond acceptors (Lipinski definition) is 1. The van der Waals surface area contributed by atoms with Crippen molar-refractivity contribution in [3.05, 3.63) is 30.3 Å². The molecule has 0 N–H and O–H groups in total. The molecule has 0 bridgehead atoms. The third-order valence-corrected chi connectivity index (χ3v) is 4.22. The first-order valence-electron chi connectivity index (χ1n) is 2.44. The summed E-state index contributed by atoms with van der Waals surface area (Å²) in [6.45, 7) is 0. The van der Waals surface area contributed by atoms with Crippen molar-refractivity contribution in [3.63, 3.8) is 0 Å². The van der Waals surface area contributed by atoms with Gasteiger partial charge in [-0.1, -0.05) is 0 Å². The Morgan fingerprint density at radius 3 is 2.11 bits per heavy atom. The van der Waals surface area contributed by atoms with E-state index in [-0.39, 0.29) is 0 Å². The van der Waals surface area contributed by atoms with E-state index in [1.807, 2.05) is 30.3 Å². The van der Waals surface area contributed by atoms with E-state index in [1.54, 1.807) is 0 Å². The van der Waals surface area contributed by atoms with Gasteiger partial charge in [-0.25, -0.2) is 0 Å². The Hall–Kier alpha value is 0.0195. The van der Waals surface area contributed by atoms with Crippen LogP contribution in [-0.2, 0) is 3.83 Å². The number of halogens is 1. The molecule has 0 fully saturated rings. The molecule has 48 valence electrons. The first-order valence-corrected chi connectivity index (χ1v) is 8.00. The average Bonchev–Trinajstić information content (AvgIpc) is 1.90. The van der Waals surface area contributed by atoms with Gasteiger partial charge >= 0.3 is 64.8 Å². The molecule has 1 unspecified atom stereocenters. The van der Waals surface area contributed by atoms with Crippen molar-refractivity contribution in [3.8, 4) is 0 Å². The van der Waals surface area contributed by atoms with Crippen molar-refractivity contribution in [1.29, 1.82) is 0 Å². The van der Waals surface area contributed by atoms with Gasteiger partial charge in [0.05, 0.1) is 0 Å². The molecule has 0 spiro atoms. The van der Waals surface area contributed by atoms with E-state index < -0.39 is 12.0 Å². The van der Waals surface area contributed by atoms with Gasteiger partial charge in [-0.3, -0.25) is 0 Å². The predicted octanol–water partition coefficient (Wildman–Crippen LogP) is 1.21. The van der Waals surface area contributed by atoms with E-state index in [0.29, 0.717) is 0 Å². The molecule has 1 aromatic rings. The van der Waals surface area contributed by atoms with Crippen LogP contribution in [0.4, 0.5) is 0 Å². The third-order valence-electron chi connectivity index (χ3n) is 0.929. The topological polar surface area (TPSA) is 17.1 Å². The van der Waals surface area contributed by atoms with E-state index in [4.69, 9.17) is 0 Å². The van der Waals surface area contributed by atoms with E-state index >= 15 is 0 Å². The normalized spacial score (nSPS) is 13.0. The summed E-state index contributed by atoms with van der Waals surface area (Å²) >= 11 is 1.20. The molecule has 1 atom stereocenters. The van der Waals surface area contributed by atoms with Crippen LogP contribution in [0.25, 0.3) is 0 Å². The summed E-state index contributed by atoms with van der Waals surface area (Å²) in [5.41, 5.74) is 0. The van der Waals surface area contributed by atoms with Crippen LogP contribution in [0.15, 0.2) is 30.3 Å². The first-order chi connectivity index (χ1) is 4.30. The van der Waals surface area contributed by atoms with Gasteiger partial charge in [0.1, 0.15) is 0 Å². The summed E-state index contributed by atoms with van der Waals surface area (Å²) in [6, 6.07) is 9.37. The molecule has 0 aliphatic rings. The van der Waals surface area contributed by atoms with Gasteiger partial charge in [-0.15, -0.1) is 0 Å². The zero-order valence-electron chi connectivity index (χ0n) is 4.58. The van der Waals surface area contributed by atoms with Gasteiger partial charge in [0.15, 0.2) is 0 Å². The summed E-state index contributed by atoms with van der Waals surface area (Å²) in [5, 5.41) is 0. The molecular weight excluding hydrogens is 247 g/mol. The maximum absolute atomic E-state index is 10.8. The van der Waals surface area contributed by atoms with Crippen molar-refractivity contribution in [2.45, 2.75) is 0 Å². The molecule has 0 saturated carbocycles. The van der Waals surface area contributed by atoms with Crippen LogP contribution >= 0.6 is 14.1 Å². The Morgan fingerprint density at radius 1 is 1.22 bits per heavy atom. The molecule has 0 amide bonds. The zero-order chi connectivity index (χ0) is 6.69. The minimum atomic E-state index is -1.85. The Morgan fingerprint density at radius 2 is 1.78 bits per heavy atom. The first kappa shape index (κ1) is 7.13. The second-order valence-corrected chi connectivity index (χ2v) is 6.52. The summed E-state index contributed by atoms with van der Waals surface area (Å²) in [6.07, 6.45) is 0. The molecule has 1 rings (SSSR count). The summed E-state index contributed by atoms with van der Waals surface area (Å²) < 4.78 is 11.7. The van der Waals surface area contributed by atoms with E-state index in [9.17, 15) is 3.83 Å². The Kier molecular flexibility index (Phi) is 2.58. The summed E-state index contributed by atoms with van der Waals surface area (Å²) in [4.78, 5) is 0. The maximum atomic E-state index is 10.8. The van der Waals surface area contributed by atoms with Crippen molar-refractivity contribution in [1.82, 2.24) is 0 Å². The van der Waals surface area contributed by atoms with Crippen molar-refractivity contribution in [2.24, 2.45) is 0 Å². The third kappa shape index (κ3) is 2.01. The van der Waals surface area contributed by atoms with E-state index in [1.165, 1.54) is 0 Å². The monoisotopic (exact) mass is 252 g/mol. The van der Waals surface area contributed by atoms with Gasteiger partial charge < -0.3 is 0 Å². The van der Waals surface area contributed by atoms with Crippen LogP contribution in [0.3, 0.4) is 0 Å². The van der Waals surface area contributed by atoms with Gasteiger partial charge in [0.25, 0.3) is 0 Å². The Balaban J connectivity index is 2.98. The molecule has 0 aromatic heterocycles. The van der Waals surface area contributed by atoms with Crippen LogP contribution in [0.2, 0.25) is 0 Å². The molecular formula is C6H5BrOSe. The predicted molar refractivity (Wildman–Crippen MR) is 41.4 cm³/mol. The second kappa shape index (κ2) is 3.25. The molecule has 0 radical (unpaired) electrons. The van der Waals surface area contributed by atoms with Crippen LogP contribution in [0, 0.1) is 0 Å². The number of hydrogen-bond donors (Lipinski definition) is 0. The average molecular weight is 252 g/mol. The molecule has 0 aliphatic carbocycles. The fourth-order valence-corrected chi connectivity index (χ4v) is 2.43. The van der Waals surface area contributed by atoms with E-state index in [2.05, 4.69) is 14.1 Å². The molecule has 9 heavy (non-hydrogen) atoms. The van der Waals surface area contributed by atoms with Gasteiger partial charge in [0.2, 0.25) is 0 Å². The fraction of sp³-hybridized carbons (Fsp3) is 0. The van der Waals surface area contributed by atoms with Crippen LogP contribution in [-0.4, -0.2) is 12.0 Å². The molecule has 0 aliphatic heterocycles. The zero-order valence-corrected chi connectivity index (χ0v) is 7.88. The Bertz CT molecular complexity index is 210.